The summed E-state index contributed by atoms with van der Waals surface area (Å²) in [6.07, 6.45) is 8.78. The molecule has 4 aromatic heterocycles. The van der Waals surface area contributed by atoms with Crippen LogP contribution in [0.15, 0.2) is 180 Å². The number of aromatic nitrogens is 2. The Morgan fingerprint density at radius 3 is 2.07 bits per heavy atom. The summed E-state index contributed by atoms with van der Waals surface area (Å²) in [5.41, 5.74) is 13.8. The van der Waals surface area contributed by atoms with Crippen LogP contribution in [-0.4, -0.2) is 9.13 Å². The zero-order chi connectivity index (χ0) is 39.2. The first kappa shape index (κ1) is 33.5. The second-order valence-corrected chi connectivity index (χ2v) is 16.3. The highest BCUT2D eigenvalue weighted by atomic mass is 32.1. The van der Waals surface area contributed by atoms with Crippen LogP contribution in [0.2, 0.25) is 0 Å². The zero-order valence-corrected chi connectivity index (χ0v) is 32.9. The summed E-state index contributed by atoms with van der Waals surface area (Å²) < 4.78 is 13.6. The minimum absolute atomic E-state index is 0.835. The van der Waals surface area contributed by atoms with E-state index in [2.05, 4.69) is 192 Å². The molecular weight excluding hydrogens is 737 g/mol. The van der Waals surface area contributed by atoms with Crippen LogP contribution in [0.25, 0.3) is 109 Å². The van der Waals surface area contributed by atoms with Crippen LogP contribution in [0.3, 0.4) is 0 Å². The lowest BCUT2D eigenvalue weighted by atomic mass is 9.99. The molecule has 8 aromatic carbocycles. The maximum atomic E-state index is 6.55. The Hall–Kier alpha value is -7.58. The highest BCUT2D eigenvalue weighted by Gasteiger charge is 2.21. The average molecular weight is 771 g/mol. The molecule has 0 aliphatic heterocycles. The van der Waals surface area contributed by atoms with Crippen molar-refractivity contribution >= 4 is 97.8 Å². The van der Waals surface area contributed by atoms with Crippen molar-refractivity contribution < 1.29 is 4.42 Å². The first-order valence-corrected chi connectivity index (χ1v) is 20.7. The third-order valence-electron chi connectivity index (χ3n) is 12.0. The first-order valence-electron chi connectivity index (χ1n) is 19.9. The van der Waals surface area contributed by atoms with Gasteiger partial charge in [-0.3, -0.25) is 0 Å². The molecule has 12 rings (SSSR count). The van der Waals surface area contributed by atoms with Crippen molar-refractivity contribution in [1.82, 2.24) is 9.13 Å². The fourth-order valence-corrected chi connectivity index (χ4v) is 10.6. The number of nitrogens with zero attached hydrogens (tertiary/aromatic N) is 2. The van der Waals surface area contributed by atoms with Gasteiger partial charge in [0.2, 0.25) is 0 Å². The lowest BCUT2D eigenvalue weighted by molar-refractivity contribution is 0.669. The topological polar surface area (TPSA) is 23.0 Å². The van der Waals surface area contributed by atoms with Gasteiger partial charge in [-0.25, -0.2) is 0 Å². The van der Waals surface area contributed by atoms with Gasteiger partial charge in [0, 0.05) is 86.4 Å². The molecule has 0 aliphatic carbocycles. The van der Waals surface area contributed by atoms with E-state index >= 15 is 0 Å². The summed E-state index contributed by atoms with van der Waals surface area (Å²) in [5.74, 6) is 3.15. The van der Waals surface area contributed by atoms with Crippen molar-refractivity contribution in [2.45, 2.75) is 6.92 Å². The van der Waals surface area contributed by atoms with Crippen LogP contribution in [0.5, 0.6) is 0 Å². The van der Waals surface area contributed by atoms with Gasteiger partial charge in [0.25, 0.3) is 0 Å². The van der Waals surface area contributed by atoms with Crippen LogP contribution in [-0.2, 0) is 0 Å². The fourth-order valence-electron chi connectivity index (χ4n) is 9.38. The third kappa shape index (κ3) is 5.02. The number of furan rings is 1. The van der Waals surface area contributed by atoms with Gasteiger partial charge in [-0.15, -0.1) is 17.8 Å². The van der Waals surface area contributed by atoms with Crippen molar-refractivity contribution in [3.8, 4) is 34.8 Å². The van der Waals surface area contributed by atoms with E-state index in [1.54, 1.807) is 0 Å². The lowest BCUT2D eigenvalue weighted by Gasteiger charge is -2.13. The van der Waals surface area contributed by atoms with E-state index in [-0.39, 0.29) is 0 Å². The predicted octanol–water partition coefficient (Wildman–Crippen LogP) is 15.1. The number of fused-ring (bicyclic) bond motifs is 10. The number of rotatable bonds is 5. The van der Waals surface area contributed by atoms with Gasteiger partial charge in [0.1, 0.15) is 11.2 Å². The van der Waals surface area contributed by atoms with Gasteiger partial charge < -0.3 is 13.6 Å². The molecule has 0 N–H and O–H groups in total. The number of hydrogen-bond acceptors (Lipinski definition) is 2. The number of terminal acetylenes is 1. The second-order valence-electron chi connectivity index (χ2n) is 15.2. The average Bonchev–Trinajstić information content (AvgIpc) is 4.03. The summed E-state index contributed by atoms with van der Waals surface area (Å²) in [6.45, 7) is 2.22. The largest absolute Gasteiger partial charge is 0.456 e. The molecule has 4 heteroatoms. The molecule has 0 bridgehead atoms. The molecule has 4 heterocycles. The molecule has 0 spiro atoms. The number of thiophene rings is 1. The van der Waals surface area contributed by atoms with Crippen LogP contribution < -0.4 is 0 Å². The number of allylic oxidation sites excluding steroid dienone is 1. The molecule has 0 atom stereocenters. The Morgan fingerprint density at radius 2 is 1.24 bits per heavy atom. The standard InChI is InChI=1S/C55H34N2OS/c1-3-35(39-22-15-23-44-40-18-7-12-25-50(40)57(54(39)44)37-16-5-4-6-17-37)30-45-34(2)56(49-24-11-8-19-41(45)49)38-32-46(55-48(33-38)43-21-10-14-27-53(43)59-55)36-28-29-52-47(31-36)42-20-9-13-26-51(42)58-52/h1,4-33H,2H3/b35-30+. The lowest BCUT2D eigenvalue weighted by Crippen LogP contribution is -1.98. The number of hydrogen-bond donors (Lipinski definition) is 0. The Bertz CT molecular complexity index is 3750. The molecule has 276 valence electrons. The van der Waals surface area contributed by atoms with E-state index in [1.807, 2.05) is 23.5 Å². The predicted molar refractivity (Wildman–Crippen MR) is 251 cm³/mol. The van der Waals surface area contributed by atoms with Crippen LogP contribution in [0.1, 0.15) is 16.8 Å². The van der Waals surface area contributed by atoms with Crippen molar-refractivity contribution in [1.29, 1.82) is 0 Å². The van der Waals surface area contributed by atoms with E-state index in [0.717, 1.165) is 83.2 Å². The molecular formula is C55H34N2OS. The maximum absolute atomic E-state index is 6.55. The third-order valence-corrected chi connectivity index (χ3v) is 13.2. The Balaban J connectivity index is 1.10. The van der Waals surface area contributed by atoms with Gasteiger partial charge in [-0.05, 0) is 79.2 Å². The molecule has 12 aromatic rings. The van der Waals surface area contributed by atoms with E-state index in [1.165, 1.54) is 36.5 Å². The highest BCUT2D eigenvalue weighted by molar-refractivity contribution is 7.26. The Kier molecular flexibility index (Phi) is 7.38. The fraction of sp³-hybridized carbons (Fsp3) is 0.0182. The minimum Gasteiger partial charge on any atom is -0.456 e. The molecule has 0 radical (unpaired) electrons. The normalized spacial score (nSPS) is 12.2. The zero-order valence-electron chi connectivity index (χ0n) is 32.1. The molecule has 0 unspecified atom stereocenters. The van der Waals surface area contributed by atoms with Gasteiger partial charge in [0.05, 0.1) is 16.6 Å². The van der Waals surface area contributed by atoms with E-state index in [4.69, 9.17) is 10.8 Å². The van der Waals surface area contributed by atoms with Gasteiger partial charge in [-0.1, -0.05) is 121 Å². The number of benzene rings is 8. The van der Waals surface area contributed by atoms with Crippen molar-refractivity contribution in [3.63, 3.8) is 0 Å². The van der Waals surface area contributed by atoms with E-state index < -0.39 is 0 Å². The summed E-state index contributed by atoms with van der Waals surface area (Å²) in [6, 6.07) is 62.8. The second kappa shape index (κ2) is 13.0. The van der Waals surface area contributed by atoms with Crippen LogP contribution >= 0.6 is 11.3 Å². The molecule has 0 saturated carbocycles. The van der Waals surface area contributed by atoms with Crippen LogP contribution in [0, 0.1) is 19.3 Å². The minimum atomic E-state index is 0.835. The SMILES string of the molecule is C#C/C(=C\c1c(C)n(-c2cc(-c3ccc4oc5ccccc5c4c3)c3sc4ccccc4c3c2)c2ccccc12)c1cccc2c3ccccc3n(-c3ccccc3)c12. The molecule has 0 aliphatic rings. The summed E-state index contributed by atoms with van der Waals surface area (Å²) in [7, 11) is 0. The van der Waals surface area contributed by atoms with Crippen molar-refractivity contribution in [2.75, 3.05) is 0 Å². The molecule has 59 heavy (non-hydrogen) atoms. The quantitative estimate of drug-likeness (QED) is 0.160. The van der Waals surface area contributed by atoms with Gasteiger partial charge in [0.15, 0.2) is 0 Å². The van der Waals surface area contributed by atoms with E-state index in [9.17, 15) is 0 Å². The van der Waals surface area contributed by atoms with Crippen molar-refractivity contribution in [2.24, 2.45) is 0 Å². The van der Waals surface area contributed by atoms with Crippen LogP contribution in [0.4, 0.5) is 0 Å². The summed E-state index contributed by atoms with van der Waals surface area (Å²) in [5, 5.41) is 8.27. The Labute approximate surface area is 344 Å². The smallest absolute Gasteiger partial charge is 0.135 e. The highest BCUT2D eigenvalue weighted by Crippen LogP contribution is 2.45. The number of para-hydroxylation sites is 5. The molecule has 3 nitrogen and oxygen atoms in total. The van der Waals surface area contributed by atoms with Gasteiger partial charge >= 0.3 is 0 Å². The van der Waals surface area contributed by atoms with E-state index in [0.29, 0.717) is 0 Å². The maximum Gasteiger partial charge on any atom is 0.135 e. The molecule has 0 fully saturated rings. The summed E-state index contributed by atoms with van der Waals surface area (Å²) in [4.78, 5) is 0. The first-order chi connectivity index (χ1) is 29.1. The Morgan fingerprint density at radius 1 is 0.559 bits per heavy atom. The monoisotopic (exact) mass is 770 g/mol. The van der Waals surface area contributed by atoms with Crippen molar-refractivity contribution in [3.05, 3.63) is 193 Å². The van der Waals surface area contributed by atoms with Gasteiger partial charge in [-0.2, -0.15) is 0 Å². The summed E-state index contributed by atoms with van der Waals surface area (Å²) >= 11 is 1.86. The molecule has 0 saturated heterocycles. The molecule has 0 amide bonds.